The average Bonchev–Trinajstić information content (AvgIpc) is 3.23. The highest BCUT2D eigenvalue weighted by Gasteiger charge is 2.55. The second kappa shape index (κ2) is 16.9. The van der Waals surface area contributed by atoms with Gasteiger partial charge in [-0.2, -0.15) is 0 Å². The number of aliphatic hydroxyl groups excluding tert-OH is 1. The van der Waals surface area contributed by atoms with Crippen molar-refractivity contribution in [1.29, 1.82) is 0 Å². The predicted octanol–water partition coefficient (Wildman–Crippen LogP) is 8.59. The molecule has 8 rings (SSSR count). The topological polar surface area (TPSA) is 95.8 Å². The maximum Gasteiger partial charge on any atom is 0.222 e. The first kappa shape index (κ1) is 38.3. The second-order valence-corrected chi connectivity index (χ2v) is 15.6. The molecule has 4 unspecified atom stereocenters. The number of methoxy groups -OCH3 is 1. The maximum atomic E-state index is 13.1. The minimum Gasteiger partial charge on any atom is -0.496 e. The lowest BCUT2D eigenvalue weighted by atomic mass is 9.74. The van der Waals surface area contributed by atoms with E-state index in [0.717, 1.165) is 53.7 Å². The Labute approximate surface area is 329 Å². The molecular formula is C48H52O8. The van der Waals surface area contributed by atoms with Crippen molar-refractivity contribution < 1.29 is 38.6 Å². The van der Waals surface area contributed by atoms with Crippen LogP contribution in [0.5, 0.6) is 11.5 Å². The van der Waals surface area contributed by atoms with E-state index in [1.54, 1.807) is 25.3 Å². The van der Waals surface area contributed by atoms with E-state index < -0.39 is 30.2 Å². The summed E-state index contributed by atoms with van der Waals surface area (Å²) in [5, 5.41) is 25.2. The molecule has 2 aliphatic heterocycles. The van der Waals surface area contributed by atoms with Crippen molar-refractivity contribution in [2.24, 2.45) is 5.92 Å². The molecule has 0 aromatic heterocycles. The molecule has 1 aliphatic carbocycles. The highest BCUT2D eigenvalue weighted by Crippen LogP contribution is 2.47. The first-order valence-corrected chi connectivity index (χ1v) is 19.9. The molecule has 8 nitrogen and oxygen atoms in total. The SMILES string of the molecule is COc1ccc(C2(O)OC(COCc3ccccc3)[C@@H](C)C(OCc3ccccc3)[C@H]2OCc2ccccc2)cc1C(O)c1ccc2c(c1)CCC1(CCC1)O2. The Bertz CT molecular complexity index is 2040. The molecule has 0 bridgehead atoms. The molecule has 1 saturated heterocycles. The molecule has 2 N–H and O–H groups in total. The van der Waals surface area contributed by atoms with Crippen molar-refractivity contribution >= 4 is 0 Å². The van der Waals surface area contributed by atoms with Crippen LogP contribution < -0.4 is 9.47 Å². The van der Waals surface area contributed by atoms with Gasteiger partial charge in [0.1, 0.15) is 29.3 Å². The molecule has 1 spiro atoms. The van der Waals surface area contributed by atoms with Gasteiger partial charge in [0.25, 0.3) is 0 Å². The number of aryl methyl sites for hydroxylation is 1. The van der Waals surface area contributed by atoms with E-state index in [4.69, 9.17) is 28.4 Å². The third-order valence-electron chi connectivity index (χ3n) is 11.9. The van der Waals surface area contributed by atoms with Gasteiger partial charge in [-0.05, 0) is 90.3 Å². The average molecular weight is 757 g/mol. The second-order valence-electron chi connectivity index (χ2n) is 15.6. The zero-order valence-corrected chi connectivity index (χ0v) is 32.2. The zero-order chi connectivity index (χ0) is 38.5. The molecule has 56 heavy (non-hydrogen) atoms. The lowest BCUT2D eigenvalue weighted by Crippen LogP contribution is -2.62. The fourth-order valence-electron chi connectivity index (χ4n) is 8.36. The number of ether oxygens (including phenoxy) is 6. The molecule has 0 amide bonds. The number of rotatable bonds is 14. The van der Waals surface area contributed by atoms with Crippen LogP contribution in [0.1, 0.15) is 77.7 Å². The van der Waals surface area contributed by atoms with E-state index in [-0.39, 0.29) is 24.7 Å². The first-order valence-electron chi connectivity index (χ1n) is 19.9. The third kappa shape index (κ3) is 8.14. The predicted molar refractivity (Wildman–Crippen MR) is 213 cm³/mol. The Morgan fingerprint density at radius 2 is 1.39 bits per heavy atom. The van der Waals surface area contributed by atoms with Crippen molar-refractivity contribution in [2.45, 2.75) is 94.7 Å². The summed E-state index contributed by atoms with van der Waals surface area (Å²) >= 11 is 0. The lowest BCUT2D eigenvalue weighted by Gasteiger charge is -2.50. The van der Waals surface area contributed by atoms with Crippen LogP contribution in [0.15, 0.2) is 127 Å². The van der Waals surface area contributed by atoms with Gasteiger partial charge in [-0.1, -0.05) is 104 Å². The van der Waals surface area contributed by atoms with Crippen molar-refractivity contribution in [3.05, 3.63) is 166 Å². The van der Waals surface area contributed by atoms with Gasteiger partial charge in [-0.25, -0.2) is 0 Å². The van der Waals surface area contributed by atoms with Gasteiger partial charge in [0, 0.05) is 17.0 Å². The highest BCUT2D eigenvalue weighted by molar-refractivity contribution is 5.48. The molecule has 3 aliphatic rings. The summed E-state index contributed by atoms with van der Waals surface area (Å²) in [6, 6.07) is 41.1. The minimum atomic E-state index is -2.01. The van der Waals surface area contributed by atoms with Gasteiger partial charge in [-0.15, -0.1) is 0 Å². The standard InChI is InChI=1S/C48H52O8/c1-33-43(32-52-29-34-13-6-3-7-14-34)56-48(50,46(54-31-36-17-10-5-11-18-36)45(33)53-30-35-15-8-4-9-16-35)39-20-22-42(51-2)40(28-39)44(49)38-19-21-41-37(27-38)23-26-47(55-41)24-12-25-47/h3-11,13-22,27-28,33,43-46,49-50H,12,23-26,29-32H2,1-2H3/t33-,43?,44?,45?,46-,48?/m1/s1. The van der Waals surface area contributed by atoms with E-state index >= 15 is 0 Å². The van der Waals surface area contributed by atoms with Gasteiger partial charge >= 0.3 is 0 Å². The lowest BCUT2D eigenvalue weighted by molar-refractivity contribution is -0.365. The van der Waals surface area contributed by atoms with Gasteiger partial charge in [-0.3, -0.25) is 0 Å². The Balaban J connectivity index is 1.14. The zero-order valence-electron chi connectivity index (χ0n) is 32.2. The molecule has 1 saturated carbocycles. The summed E-state index contributed by atoms with van der Waals surface area (Å²) in [4.78, 5) is 0. The van der Waals surface area contributed by atoms with Crippen molar-refractivity contribution in [2.75, 3.05) is 13.7 Å². The van der Waals surface area contributed by atoms with E-state index in [2.05, 4.69) is 6.92 Å². The van der Waals surface area contributed by atoms with E-state index in [1.165, 1.54) is 6.42 Å². The Kier molecular flexibility index (Phi) is 11.6. The molecular weight excluding hydrogens is 705 g/mol. The van der Waals surface area contributed by atoms with Crippen LogP contribution in [0, 0.1) is 5.92 Å². The fourth-order valence-corrected chi connectivity index (χ4v) is 8.36. The molecule has 292 valence electrons. The van der Waals surface area contributed by atoms with Gasteiger partial charge in [0.15, 0.2) is 0 Å². The van der Waals surface area contributed by atoms with E-state index in [0.29, 0.717) is 35.7 Å². The minimum absolute atomic E-state index is 0.0239. The summed E-state index contributed by atoms with van der Waals surface area (Å²) in [7, 11) is 1.58. The van der Waals surface area contributed by atoms with Gasteiger partial charge in [0.05, 0.1) is 45.7 Å². The van der Waals surface area contributed by atoms with Crippen molar-refractivity contribution in [3.8, 4) is 11.5 Å². The molecule has 2 heterocycles. The van der Waals surface area contributed by atoms with Crippen LogP contribution in [0.3, 0.4) is 0 Å². The Morgan fingerprint density at radius 3 is 2.02 bits per heavy atom. The smallest absolute Gasteiger partial charge is 0.222 e. The highest BCUT2D eigenvalue weighted by atomic mass is 16.7. The number of hydrogen-bond donors (Lipinski definition) is 2. The van der Waals surface area contributed by atoms with Crippen molar-refractivity contribution in [1.82, 2.24) is 0 Å². The quantitative estimate of drug-likeness (QED) is 0.116. The molecule has 5 aromatic carbocycles. The Hall–Kier alpha value is -4.54. The van der Waals surface area contributed by atoms with Gasteiger partial charge < -0.3 is 38.6 Å². The molecule has 8 heteroatoms. The van der Waals surface area contributed by atoms with Gasteiger partial charge in [0.2, 0.25) is 5.79 Å². The largest absolute Gasteiger partial charge is 0.496 e. The van der Waals surface area contributed by atoms with Crippen LogP contribution >= 0.6 is 0 Å². The number of fused-ring (bicyclic) bond motifs is 1. The van der Waals surface area contributed by atoms with Crippen LogP contribution in [-0.4, -0.2) is 47.8 Å². The summed E-state index contributed by atoms with van der Waals surface area (Å²) in [6.07, 6.45) is 2.07. The monoisotopic (exact) mass is 756 g/mol. The fraction of sp³-hybridized carbons (Fsp3) is 0.375. The normalized spacial score (nSPS) is 24.4. The van der Waals surface area contributed by atoms with E-state index in [9.17, 15) is 10.2 Å². The van der Waals surface area contributed by atoms with Crippen LogP contribution in [0.25, 0.3) is 0 Å². The van der Waals surface area contributed by atoms with Crippen LogP contribution in [0.2, 0.25) is 0 Å². The number of hydrogen-bond acceptors (Lipinski definition) is 8. The van der Waals surface area contributed by atoms with Crippen LogP contribution in [-0.2, 0) is 51.0 Å². The Morgan fingerprint density at radius 1 is 0.750 bits per heavy atom. The summed E-state index contributed by atoms with van der Waals surface area (Å²) in [5.74, 6) is -0.870. The number of benzene rings is 5. The molecule has 2 fully saturated rings. The third-order valence-corrected chi connectivity index (χ3v) is 11.9. The maximum absolute atomic E-state index is 13.1. The summed E-state index contributed by atoms with van der Waals surface area (Å²) in [5.41, 5.74) is 5.67. The summed E-state index contributed by atoms with van der Waals surface area (Å²) < 4.78 is 38.8. The first-order chi connectivity index (χ1) is 27.3. The van der Waals surface area contributed by atoms with Crippen LogP contribution in [0.4, 0.5) is 0 Å². The molecule has 0 radical (unpaired) electrons. The van der Waals surface area contributed by atoms with E-state index in [1.807, 2.05) is 109 Å². The van der Waals surface area contributed by atoms with Crippen molar-refractivity contribution in [3.63, 3.8) is 0 Å². The number of aliphatic hydroxyl groups is 2. The molecule has 5 aromatic rings. The summed E-state index contributed by atoms with van der Waals surface area (Å²) in [6.45, 7) is 3.18. The molecule has 6 atom stereocenters.